The lowest BCUT2D eigenvalue weighted by Gasteiger charge is -2.18. The van der Waals surface area contributed by atoms with E-state index in [1.165, 1.54) is 16.7 Å². The van der Waals surface area contributed by atoms with Gasteiger partial charge in [-0.25, -0.2) is 4.68 Å². The van der Waals surface area contributed by atoms with Crippen molar-refractivity contribution >= 4 is 0 Å². The van der Waals surface area contributed by atoms with Crippen molar-refractivity contribution in [1.82, 2.24) is 15.1 Å². The van der Waals surface area contributed by atoms with Gasteiger partial charge < -0.3 is 10.4 Å². The Labute approximate surface area is 135 Å². The Morgan fingerprint density at radius 2 is 2.04 bits per heavy atom. The zero-order valence-electron chi connectivity index (χ0n) is 12.8. The minimum absolute atomic E-state index is 0.000408. The van der Waals surface area contributed by atoms with E-state index in [0.717, 1.165) is 12.1 Å². The zero-order chi connectivity index (χ0) is 15.6. The first-order valence-corrected chi connectivity index (χ1v) is 7.89. The Bertz CT molecular complexity index is 798. The molecule has 4 nitrogen and oxygen atoms in total. The molecule has 0 aliphatic heterocycles. The summed E-state index contributed by atoms with van der Waals surface area (Å²) < 4.78 is 1.85. The van der Waals surface area contributed by atoms with Gasteiger partial charge in [-0.1, -0.05) is 36.4 Å². The lowest BCUT2D eigenvalue weighted by molar-refractivity contribution is 0.140. The summed E-state index contributed by atoms with van der Waals surface area (Å²) in [5, 5.41) is 18.1. The minimum Gasteiger partial charge on any atom is -0.391 e. The summed E-state index contributed by atoms with van der Waals surface area (Å²) in [5.41, 5.74) is 4.67. The van der Waals surface area contributed by atoms with E-state index in [-0.39, 0.29) is 12.1 Å². The molecule has 0 fully saturated rings. The summed E-state index contributed by atoms with van der Waals surface area (Å²) in [4.78, 5) is 0. The number of nitrogens with zero attached hydrogens (tertiary/aromatic N) is 2. The summed E-state index contributed by atoms with van der Waals surface area (Å²) in [7, 11) is 0. The molecule has 0 amide bonds. The van der Waals surface area contributed by atoms with Crippen LogP contribution in [-0.4, -0.2) is 21.0 Å². The zero-order valence-corrected chi connectivity index (χ0v) is 12.8. The van der Waals surface area contributed by atoms with Crippen molar-refractivity contribution in [2.75, 3.05) is 0 Å². The van der Waals surface area contributed by atoms with Gasteiger partial charge in [0.25, 0.3) is 0 Å². The monoisotopic (exact) mass is 305 g/mol. The van der Waals surface area contributed by atoms with Gasteiger partial charge in [0.05, 0.1) is 17.8 Å². The predicted octanol–water partition coefficient (Wildman–Crippen LogP) is 2.62. The number of nitrogens with one attached hydrogen (secondary N) is 1. The molecule has 4 heteroatoms. The predicted molar refractivity (Wildman–Crippen MR) is 89.3 cm³/mol. The standard InChI is InChI=1S/C19H19N3O/c23-18-12-15-6-1-2-8-17(15)19(18)20-13-14-5-3-7-16(11-14)22-10-4-9-21-22/h1-11,18-20,23H,12-13H2/t18-,19+/m1/s1. The molecule has 0 saturated carbocycles. The quantitative estimate of drug-likeness (QED) is 0.779. The van der Waals surface area contributed by atoms with Crippen LogP contribution in [-0.2, 0) is 13.0 Å². The fourth-order valence-electron chi connectivity index (χ4n) is 3.28. The average Bonchev–Trinajstić information content (AvgIpc) is 3.21. The van der Waals surface area contributed by atoms with Crippen LogP contribution in [0, 0.1) is 0 Å². The Hall–Kier alpha value is -2.43. The maximum atomic E-state index is 10.3. The van der Waals surface area contributed by atoms with E-state index in [1.807, 2.05) is 41.2 Å². The number of rotatable bonds is 4. The van der Waals surface area contributed by atoms with E-state index in [1.54, 1.807) is 6.20 Å². The molecule has 0 saturated heterocycles. The molecule has 2 atom stereocenters. The van der Waals surface area contributed by atoms with Crippen LogP contribution < -0.4 is 5.32 Å². The highest BCUT2D eigenvalue weighted by Crippen LogP contribution is 2.31. The van der Waals surface area contributed by atoms with E-state index in [4.69, 9.17) is 0 Å². The van der Waals surface area contributed by atoms with Crippen molar-refractivity contribution in [1.29, 1.82) is 0 Å². The molecule has 0 unspecified atom stereocenters. The second-order valence-corrected chi connectivity index (χ2v) is 5.95. The van der Waals surface area contributed by atoms with Crippen molar-refractivity contribution in [2.45, 2.75) is 25.1 Å². The number of aliphatic hydroxyl groups is 1. The van der Waals surface area contributed by atoms with E-state index in [9.17, 15) is 5.11 Å². The molecule has 116 valence electrons. The van der Waals surface area contributed by atoms with E-state index < -0.39 is 0 Å². The average molecular weight is 305 g/mol. The summed E-state index contributed by atoms with van der Waals surface area (Å²) in [6.45, 7) is 0.713. The van der Waals surface area contributed by atoms with Crippen LogP contribution in [0.15, 0.2) is 67.0 Å². The van der Waals surface area contributed by atoms with Crippen molar-refractivity contribution in [2.24, 2.45) is 0 Å². The lowest BCUT2D eigenvalue weighted by Crippen LogP contribution is -2.28. The second-order valence-electron chi connectivity index (χ2n) is 5.95. The molecule has 0 spiro atoms. The molecule has 0 bridgehead atoms. The van der Waals surface area contributed by atoms with Crippen LogP contribution >= 0.6 is 0 Å². The molecule has 0 radical (unpaired) electrons. The molecular weight excluding hydrogens is 286 g/mol. The molecule has 4 rings (SSSR count). The van der Waals surface area contributed by atoms with Crippen LogP contribution in [0.1, 0.15) is 22.7 Å². The summed E-state index contributed by atoms with van der Waals surface area (Å²) >= 11 is 0. The highest BCUT2D eigenvalue weighted by molar-refractivity contribution is 5.37. The first-order chi connectivity index (χ1) is 11.3. The van der Waals surface area contributed by atoms with Gasteiger partial charge in [0.15, 0.2) is 0 Å². The van der Waals surface area contributed by atoms with Gasteiger partial charge in [-0.3, -0.25) is 0 Å². The van der Waals surface area contributed by atoms with Crippen molar-refractivity contribution in [3.63, 3.8) is 0 Å². The van der Waals surface area contributed by atoms with Gasteiger partial charge in [0.2, 0.25) is 0 Å². The van der Waals surface area contributed by atoms with Crippen LogP contribution in [0.5, 0.6) is 0 Å². The van der Waals surface area contributed by atoms with Gasteiger partial charge >= 0.3 is 0 Å². The largest absolute Gasteiger partial charge is 0.391 e. The van der Waals surface area contributed by atoms with Crippen molar-refractivity contribution in [3.8, 4) is 5.69 Å². The molecular formula is C19H19N3O. The third-order valence-corrected chi connectivity index (χ3v) is 4.41. The molecule has 3 aromatic rings. The molecule has 2 aromatic carbocycles. The van der Waals surface area contributed by atoms with Crippen LogP contribution in [0.2, 0.25) is 0 Å². The van der Waals surface area contributed by atoms with E-state index in [2.05, 4.69) is 34.7 Å². The molecule has 1 aliphatic rings. The Kier molecular flexibility index (Phi) is 3.69. The van der Waals surface area contributed by atoms with Gasteiger partial charge in [-0.2, -0.15) is 5.10 Å². The number of aliphatic hydroxyl groups excluding tert-OH is 1. The smallest absolute Gasteiger partial charge is 0.0775 e. The Morgan fingerprint density at radius 1 is 1.13 bits per heavy atom. The first-order valence-electron chi connectivity index (χ1n) is 7.89. The van der Waals surface area contributed by atoms with Gasteiger partial charge in [-0.05, 0) is 34.9 Å². The number of aromatic nitrogens is 2. The molecule has 1 aromatic heterocycles. The van der Waals surface area contributed by atoms with E-state index in [0.29, 0.717) is 6.54 Å². The summed E-state index contributed by atoms with van der Waals surface area (Å²) in [6, 6.07) is 18.5. The van der Waals surface area contributed by atoms with Gasteiger partial charge in [-0.15, -0.1) is 0 Å². The van der Waals surface area contributed by atoms with Crippen molar-refractivity contribution < 1.29 is 5.11 Å². The number of hydrogen-bond donors (Lipinski definition) is 2. The highest BCUT2D eigenvalue weighted by atomic mass is 16.3. The maximum absolute atomic E-state index is 10.3. The molecule has 23 heavy (non-hydrogen) atoms. The van der Waals surface area contributed by atoms with Crippen LogP contribution in [0.3, 0.4) is 0 Å². The molecule has 1 aliphatic carbocycles. The van der Waals surface area contributed by atoms with Gasteiger partial charge in [0.1, 0.15) is 0 Å². The fraction of sp³-hybridized carbons (Fsp3) is 0.211. The normalized spacial score (nSPS) is 19.7. The number of fused-ring (bicyclic) bond motifs is 1. The topological polar surface area (TPSA) is 50.1 Å². The SMILES string of the molecule is O[C@@H]1Cc2ccccc2[C@@H]1NCc1cccc(-n2cccn2)c1. The molecule has 1 heterocycles. The first kappa shape index (κ1) is 14.2. The third kappa shape index (κ3) is 2.79. The van der Waals surface area contributed by atoms with Crippen LogP contribution in [0.25, 0.3) is 5.69 Å². The lowest BCUT2D eigenvalue weighted by atomic mass is 10.1. The minimum atomic E-state index is -0.360. The summed E-state index contributed by atoms with van der Waals surface area (Å²) in [6.07, 6.45) is 4.07. The molecule has 2 N–H and O–H groups in total. The fourth-order valence-corrected chi connectivity index (χ4v) is 3.28. The van der Waals surface area contributed by atoms with E-state index >= 15 is 0 Å². The Morgan fingerprint density at radius 3 is 2.91 bits per heavy atom. The van der Waals surface area contributed by atoms with Crippen LogP contribution in [0.4, 0.5) is 0 Å². The van der Waals surface area contributed by atoms with Crippen molar-refractivity contribution in [3.05, 3.63) is 83.7 Å². The maximum Gasteiger partial charge on any atom is 0.0775 e. The second kappa shape index (κ2) is 5.99. The van der Waals surface area contributed by atoms with Gasteiger partial charge in [0, 0.05) is 25.4 Å². The third-order valence-electron chi connectivity index (χ3n) is 4.41. The summed E-state index contributed by atoms with van der Waals surface area (Å²) in [5.74, 6) is 0. The Balaban J connectivity index is 1.51. The highest BCUT2D eigenvalue weighted by Gasteiger charge is 2.29. The number of hydrogen-bond acceptors (Lipinski definition) is 3. The number of benzene rings is 2.